The van der Waals surface area contributed by atoms with Gasteiger partial charge < -0.3 is 15.3 Å². The second-order valence-electron chi connectivity index (χ2n) is 6.52. The number of hydrogen-bond donors (Lipinski definition) is 2. The highest BCUT2D eigenvalue weighted by molar-refractivity contribution is 5.79. The first-order chi connectivity index (χ1) is 13.7. The van der Waals surface area contributed by atoms with Gasteiger partial charge in [0, 0.05) is 44.6 Å². The van der Waals surface area contributed by atoms with Gasteiger partial charge in [-0.15, -0.1) is 0 Å². The maximum atomic E-state index is 12.4. The van der Waals surface area contributed by atoms with Crippen molar-refractivity contribution in [2.75, 3.05) is 18.0 Å². The zero-order valence-corrected chi connectivity index (χ0v) is 15.8. The summed E-state index contributed by atoms with van der Waals surface area (Å²) in [4.78, 5) is 27.8. The molecule has 1 atom stereocenters. The lowest BCUT2D eigenvalue weighted by Gasteiger charge is -2.32. The third kappa shape index (κ3) is 7.09. The minimum Gasteiger partial charge on any atom is -0.475 e. The number of carboxylic acids is 1. The van der Waals surface area contributed by atoms with Gasteiger partial charge in [0.1, 0.15) is 5.82 Å². The third-order valence-corrected chi connectivity index (χ3v) is 4.23. The van der Waals surface area contributed by atoms with Crippen molar-refractivity contribution in [3.63, 3.8) is 0 Å². The lowest BCUT2D eigenvalue weighted by molar-refractivity contribution is -0.192. The monoisotopic (exact) mass is 413 g/mol. The molecule has 11 heteroatoms. The van der Waals surface area contributed by atoms with Crippen LogP contribution in [0.1, 0.15) is 18.4 Å². The number of hydrogen-bond acceptors (Lipinski definition) is 5. The first-order valence-electron chi connectivity index (χ1n) is 8.88. The fourth-order valence-corrected chi connectivity index (χ4v) is 2.84. The molecule has 0 saturated carbocycles. The third-order valence-electron chi connectivity index (χ3n) is 4.23. The Morgan fingerprint density at radius 2 is 2.07 bits per heavy atom. The molecule has 2 aromatic rings. The molecule has 0 bridgehead atoms. The summed E-state index contributed by atoms with van der Waals surface area (Å²) in [7, 11) is 1.87. The fourth-order valence-electron chi connectivity index (χ4n) is 2.84. The quantitative estimate of drug-likeness (QED) is 0.795. The molecule has 1 aliphatic heterocycles. The summed E-state index contributed by atoms with van der Waals surface area (Å²) in [5.74, 6) is -1.67. The van der Waals surface area contributed by atoms with Gasteiger partial charge in [0.15, 0.2) is 0 Å². The van der Waals surface area contributed by atoms with Crippen LogP contribution in [0.3, 0.4) is 0 Å². The van der Waals surface area contributed by atoms with Gasteiger partial charge in [0.2, 0.25) is 5.91 Å². The summed E-state index contributed by atoms with van der Waals surface area (Å²) in [6.07, 6.45) is 2.36. The molecule has 1 amide bonds. The predicted octanol–water partition coefficient (Wildman–Crippen LogP) is 1.98. The number of carbonyl (C=O) groups excluding carboxylic acids is 1. The van der Waals surface area contributed by atoms with Gasteiger partial charge in [-0.2, -0.15) is 18.3 Å². The number of anilines is 1. The molecular formula is C18H22F3N5O3. The second kappa shape index (κ2) is 9.89. The van der Waals surface area contributed by atoms with Gasteiger partial charge in [0.05, 0.1) is 12.1 Å². The predicted molar refractivity (Wildman–Crippen MR) is 97.9 cm³/mol. The van der Waals surface area contributed by atoms with Crippen LogP contribution in [-0.2, 0) is 23.2 Å². The number of halogens is 3. The number of aromatic nitrogens is 3. The molecule has 3 heterocycles. The van der Waals surface area contributed by atoms with Crippen LogP contribution in [0.5, 0.6) is 0 Å². The number of carbonyl (C=O) groups is 2. The molecular weight excluding hydrogens is 391 g/mol. The van der Waals surface area contributed by atoms with Gasteiger partial charge in [-0.1, -0.05) is 6.07 Å². The summed E-state index contributed by atoms with van der Waals surface area (Å²) < 4.78 is 33.5. The number of aryl methyl sites for hydroxylation is 1. The van der Waals surface area contributed by atoms with Crippen molar-refractivity contribution in [1.82, 2.24) is 20.1 Å². The van der Waals surface area contributed by atoms with E-state index < -0.39 is 12.1 Å². The maximum absolute atomic E-state index is 12.4. The van der Waals surface area contributed by atoms with Crippen LogP contribution >= 0.6 is 0 Å². The number of alkyl halides is 3. The molecule has 2 aromatic heterocycles. The molecule has 158 valence electrons. The topological polar surface area (TPSA) is 100 Å². The molecule has 0 radical (unpaired) electrons. The van der Waals surface area contributed by atoms with Crippen LogP contribution in [0.15, 0.2) is 36.8 Å². The van der Waals surface area contributed by atoms with Crippen molar-refractivity contribution >= 4 is 17.7 Å². The van der Waals surface area contributed by atoms with E-state index in [9.17, 15) is 18.0 Å². The largest absolute Gasteiger partial charge is 0.490 e. The maximum Gasteiger partial charge on any atom is 0.490 e. The summed E-state index contributed by atoms with van der Waals surface area (Å²) in [6, 6.07) is 5.88. The number of carboxylic acid groups (broad SMARTS) is 1. The van der Waals surface area contributed by atoms with Crippen LogP contribution in [0.4, 0.5) is 19.0 Å². The van der Waals surface area contributed by atoms with E-state index in [4.69, 9.17) is 9.90 Å². The smallest absolute Gasteiger partial charge is 0.475 e. The molecule has 3 rings (SSSR count). The fraction of sp³-hybridized carbons (Fsp3) is 0.444. The molecule has 1 fully saturated rings. The Labute approximate surface area is 165 Å². The first-order valence-corrected chi connectivity index (χ1v) is 8.88. The van der Waals surface area contributed by atoms with Crippen molar-refractivity contribution in [2.24, 2.45) is 13.0 Å². The molecule has 2 N–H and O–H groups in total. The summed E-state index contributed by atoms with van der Waals surface area (Å²) in [5, 5.41) is 14.2. The Hall–Kier alpha value is -3.11. The highest BCUT2D eigenvalue weighted by atomic mass is 19.4. The Morgan fingerprint density at radius 1 is 1.34 bits per heavy atom. The minimum absolute atomic E-state index is 0.0208. The molecule has 8 nitrogen and oxygen atoms in total. The molecule has 0 aromatic carbocycles. The number of amides is 1. The van der Waals surface area contributed by atoms with Crippen LogP contribution in [0.2, 0.25) is 0 Å². The van der Waals surface area contributed by atoms with Gasteiger partial charge in [0.25, 0.3) is 0 Å². The van der Waals surface area contributed by atoms with E-state index in [1.54, 1.807) is 17.1 Å². The summed E-state index contributed by atoms with van der Waals surface area (Å²) in [5.41, 5.74) is 1.02. The number of nitrogens with one attached hydrogen (secondary N) is 1. The molecule has 1 saturated heterocycles. The van der Waals surface area contributed by atoms with Crippen molar-refractivity contribution < 1.29 is 27.9 Å². The average molecular weight is 413 g/mol. The first kappa shape index (κ1) is 22.2. The standard InChI is InChI=1S/C16H21N5O.C2HF3O2/c1-20-11-13(10-19-20)9-18-16(22)14-5-4-8-21(12-14)15-6-2-3-7-17-15;3-2(4,5)1(6)7/h2-3,6-7,10-11,14H,4-5,8-9,12H2,1H3,(H,18,22);(H,6,7). The normalized spacial score (nSPS) is 16.6. The van der Waals surface area contributed by atoms with Crippen molar-refractivity contribution in [2.45, 2.75) is 25.6 Å². The number of nitrogens with zero attached hydrogens (tertiary/aromatic N) is 4. The van der Waals surface area contributed by atoms with Crippen LogP contribution in [0.25, 0.3) is 0 Å². The summed E-state index contributed by atoms with van der Waals surface area (Å²) >= 11 is 0. The van der Waals surface area contributed by atoms with E-state index in [0.717, 1.165) is 37.3 Å². The molecule has 1 unspecified atom stereocenters. The van der Waals surface area contributed by atoms with E-state index >= 15 is 0 Å². The molecule has 1 aliphatic rings. The number of rotatable bonds is 4. The van der Waals surface area contributed by atoms with Gasteiger partial charge in [-0.25, -0.2) is 9.78 Å². The van der Waals surface area contributed by atoms with Crippen LogP contribution in [-0.4, -0.2) is 51.0 Å². The highest BCUT2D eigenvalue weighted by Crippen LogP contribution is 2.21. The van der Waals surface area contributed by atoms with E-state index in [1.165, 1.54) is 0 Å². The Bertz CT molecular complexity index is 811. The van der Waals surface area contributed by atoms with Crippen LogP contribution in [0, 0.1) is 5.92 Å². The van der Waals surface area contributed by atoms with E-state index in [2.05, 4.69) is 20.3 Å². The molecule has 0 spiro atoms. The highest BCUT2D eigenvalue weighted by Gasteiger charge is 2.38. The molecule has 29 heavy (non-hydrogen) atoms. The number of aliphatic carboxylic acids is 1. The SMILES string of the molecule is Cn1cc(CNC(=O)C2CCCN(c3ccccn3)C2)cn1.O=C(O)C(F)(F)F. The lowest BCUT2D eigenvalue weighted by atomic mass is 9.97. The Balaban J connectivity index is 0.000000370. The summed E-state index contributed by atoms with van der Waals surface area (Å²) in [6.45, 7) is 2.23. The Morgan fingerprint density at radius 3 is 2.62 bits per heavy atom. The number of pyridine rings is 1. The van der Waals surface area contributed by atoms with Crippen LogP contribution < -0.4 is 10.2 Å². The van der Waals surface area contributed by atoms with Crippen molar-refractivity contribution in [1.29, 1.82) is 0 Å². The zero-order chi connectivity index (χ0) is 21.4. The van der Waals surface area contributed by atoms with E-state index in [1.807, 2.05) is 31.4 Å². The minimum atomic E-state index is -5.08. The van der Waals surface area contributed by atoms with Crippen molar-refractivity contribution in [3.05, 3.63) is 42.4 Å². The van der Waals surface area contributed by atoms with Gasteiger partial charge in [-0.3, -0.25) is 9.48 Å². The Kier molecular flexibility index (Phi) is 7.57. The second-order valence-corrected chi connectivity index (χ2v) is 6.52. The van der Waals surface area contributed by atoms with Crippen molar-refractivity contribution in [3.8, 4) is 0 Å². The van der Waals surface area contributed by atoms with E-state index in [-0.39, 0.29) is 11.8 Å². The lowest BCUT2D eigenvalue weighted by Crippen LogP contribution is -2.43. The van der Waals surface area contributed by atoms with E-state index in [0.29, 0.717) is 6.54 Å². The van der Waals surface area contributed by atoms with Gasteiger partial charge in [-0.05, 0) is 25.0 Å². The van der Waals surface area contributed by atoms with Gasteiger partial charge >= 0.3 is 12.1 Å². The molecule has 0 aliphatic carbocycles. The zero-order valence-electron chi connectivity index (χ0n) is 15.8. The number of piperidine rings is 1. The average Bonchev–Trinajstić information content (AvgIpc) is 3.12.